The summed E-state index contributed by atoms with van der Waals surface area (Å²) in [7, 11) is 1.86. The van der Waals surface area contributed by atoms with Crippen LogP contribution in [0.15, 0.2) is 11.6 Å². The van der Waals surface area contributed by atoms with Gasteiger partial charge >= 0.3 is 0 Å². The molecular formula is C15H28N2O. The Hall–Kier alpha value is -0.380. The zero-order valence-electron chi connectivity index (χ0n) is 11.7. The van der Waals surface area contributed by atoms with Gasteiger partial charge in [-0.05, 0) is 38.5 Å². The summed E-state index contributed by atoms with van der Waals surface area (Å²) in [4.78, 5) is 0. The second-order valence-electron chi connectivity index (χ2n) is 5.81. The van der Waals surface area contributed by atoms with E-state index in [4.69, 9.17) is 10.6 Å². The molecule has 1 fully saturated rings. The molecule has 0 aliphatic heterocycles. The Labute approximate surface area is 111 Å². The molecule has 0 amide bonds. The molecule has 18 heavy (non-hydrogen) atoms. The molecule has 0 aromatic heterocycles. The Kier molecular flexibility index (Phi) is 5.22. The average molecular weight is 252 g/mol. The second-order valence-corrected chi connectivity index (χ2v) is 5.81. The van der Waals surface area contributed by atoms with Gasteiger partial charge in [-0.3, -0.25) is 11.3 Å². The van der Waals surface area contributed by atoms with E-state index in [2.05, 4.69) is 11.5 Å². The fraction of sp³-hybridized carbons (Fsp3) is 0.867. The first kappa shape index (κ1) is 14.0. The molecule has 2 aliphatic rings. The summed E-state index contributed by atoms with van der Waals surface area (Å²) in [6.07, 6.45) is 14.9. The largest absolute Gasteiger partial charge is 0.376 e. The smallest absolute Gasteiger partial charge is 0.0882 e. The fourth-order valence-corrected chi connectivity index (χ4v) is 3.66. The minimum Gasteiger partial charge on any atom is -0.376 e. The Morgan fingerprint density at radius 3 is 2.39 bits per heavy atom. The maximum Gasteiger partial charge on any atom is 0.0882 e. The molecule has 0 aromatic carbocycles. The van der Waals surface area contributed by atoms with E-state index >= 15 is 0 Å². The van der Waals surface area contributed by atoms with Crippen molar-refractivity contribution in [2.45, 2.75) is 75.9 Å². The molecule has 2 aliphatic carbocycles. The van der Waals surface area contributed by atoms with Crippen LogP contribution in [-0.4, -0.2) is 18.8 Å². The standard InChI is InChI=1S/C15H28N2O/c1-18-15(11-7-2-3-8-12-15)14(17-16)13-9-5-4-6-10-13/h9,14,17H,2-8,10-12,16H2,1H3. The van der Waals surface area contributed by atoms with E-state index in [1.54, 1.807) is 0 Å². The molecule has 3 heteroatoms. The van der Waals surface area contributed by atoms with E-state index in [1.165, 1.54) is 56.9 Å². The highest BCUT2D eigenvalue weighted by Crippen LogP contribution is 2.37. The highest BCUT2D eigenvalue weighted by Gasteiger charge is 2.40. The highest BCUT2D eigenvalue weighted by molar-refractivity contribution is 5.19. The summed E-state index contributed by atoms with van der Waals surface area (Å²) in [5.74, 6) is 5.88. The Balaban J connectivity index is 2.18. The molecule has 2 rings (SSSR count). The lowest BCUT2D eigenvalue weighted by molar-refractivity contribution is -0.0445. The molecule has 0 bridgehead atoms. The minimum absolute atomic E-state index is 0.0750. The van der Waals surface area contributed by atoms with Crippen molar-refractivity contribution in [3.8, 4) is 0 Å². The third-order valence-corrected chi connectivity index (χ3v) is 4.75. The zero-order valence-corrected chi connectivity index (χ0v) is 11.7. The minimum atomic E-state index is -0.0750. The zero-order chi connectivity index (χ0) is 12.8. The van der Waals surface area contributed by atoms with Crippen LogP contribution in [0, 0.1) is 0 Å². The van der Waals surface area contributed by atoms with Gasteiger partial charge < -0.3 is 4.74 Å². The molecule has 0 spiro atoms. The number of allylic oxidation sites excluding steroid dienone is 1. The van der Waals surface area contributed by atoms with E-state index in [0.717, 1.165) is 12.8 Å². The van der Waals surface area contributed by atoms with Crippen LogP contribution in [0.1, 0.15) is 64.2 Å². The van der Waals surface area contributed by atoms with Crippen LogP contribution < -0.4 is 11.3 Å². The van der Waals surface area contributed by atoms with Crippen LogP contribution in [0.25, 0.3) is 0 Å². The van der Waals surface area contributed by atoms with Gasteiger partial charge in [0, 0.05) is 7.11 Å². The van der Waals surface area contributed by atoms with Crippen molar-refractivity contribution in [2.24, 2.45) is 5.84 Å². The summed E-state index contributed by atoms with van der Waals surface area (Å²) in [5.41, 5.74) is 4.47. The third-order valence-electron chi connectivity index (χ3n) is 4.75. The number of methoxy groups -OCH3 is 1. The average Bonchev–Trinajstić information content (AvgIpc) is 2.67. The van der Waals surface area contributed by atoms with Crippen LogP contribution in [0.4, 0.5) is 0 Å². The van der Waals surface area contributed by atoms with Gasteiger partial charge in [0.25, 0.3) is 0 Å². The molecule has 3 N–H and O–H groups in total. The number of hydrazine groups is 1. The molecule has 1 saturated carbocycles. The van der Waals surface area contributed by atoms with Crippen molar-refractivity contribution in [1.82, 2.24) is 5.43 Å². The molecule has 104 valence electrons. The number of hydrogen-bond acceptors (Lipinski definition) is 3. The van der Waals surface area contributed by atoms with E-state index < -0.39 is 0 Å². The van der Waals surface area contributed by atoms with E-state index in [0.29, 0.717) is 0 Å². The molecule has 1 unspecified atom stereocenters. The van der Waals surface area contributed by atoms with Gasteiger partial charge in [-0.15, -0.1) is 0 Å². The van der Waals surface area contributed by atoms with Gasteiger partial charge in [0.1, 0.15) is 0 Å². The van der Waals surface area contributed by atoms with E-state index in [-0.39, 0.29) is 11.6 Å². The SMILES string of the molecule is COC1(C(NN)C2=CCCCC2)CCCCCC1. The first-order chi connectivity index (χ1) is 8.82. The molecular weight excluding hydrogens is 224 g/mol. The van der Waals surface area contributed by atoms with Crippen molar-refractivity contribution in [1.29, 1.82) is 0 Å². The van der Waals surface area contributed by atoms with Crippen molar-refractivity contribution in [3.63, 3.8) is 0 Å². The van der Waals surface area contributed by atoms with Crippen LogP contribution in [0.2, 0.25) is 0 Å². The topological polar surface area (TPSA) is 47.3 Å². The molecule has 0 saturated heterocycles. The van der Waals surface area contributed by atoms with Crippen molar-refractivity contribution >= 4 is 0 Å². The quantitative estimate of drug-likeness (QED) is 0.350. The Morgan fingerprint density at radius 1 is 1.17 bits per heavy atom. The lowest BCUT2D eigenvalue weighted by Gasteiger charge is -2.41. The molecule has 1 atom stereocenters. The van der Waals surface area contributed by atoms with Gasteiger partial charge in [-0.25, -0.2) is 0 Å². The molecule has 0 radical (unpaired) electrons. The van der Waals surface area contributed by atoms with Crippen molar-refractivity contribution < 1.29 is 4.74 Å². The number of hydrogen-bond donors (Lipinski definition) is 2. The van der Waals surface area contributed by atoms with E-state index in [1.807, 2.05) is 7.11 Å². The van der Waals surface area contributed by atoms with Crippen LogP contribution in [-0.2, 0) is 4.74 Å². The second kappa shape index (κ2) is 6.69. The number of ether oxygens (including phenoxy) is 1. The summed E-state index contributed by atoms with van der Waals surface area (Å²) in [5, 5.41) is 0. The Bertz CT molecular complexity index is 280. The van der Waals surface area contributed by atoms with Gasteiger partial charge in [-0.2, -0.15) is 0 Å². The normalized spacial score (nSPS) is 26.2. The fourth-order valence-electron chi connectivity index (χ4n) is 3.66. The van der Waals surface area contributed by atoms with Crippen LogP contribution in [0.5, 0.6) is 0 Å². The highest BCUT2D eigenvalue weighted by atomic mass is 16.5. The van der Waals surface area contributed by atoms with Gasteiger partial charge in [0.05, 0.1) is 11.6 Å². The van der Waals surface area contributed by atoms with Gasteiger partial charge in [-0.1, -0.05) is 37.3 Å². The summed E-state index contributed by atoms with van der Waals surface area (Å²) < 4.78 is 5.98. The maximum atomic E-state index is 5.98. The first-order valence-corrected chi connectivity index (χ1v) is 7.52. The third kappa shape index (κ3) is 2.95. The molecule has 0 heterocycles. The lowest BCUT2D eigenvalue weighted by Crippen LogP contribution is -2.55. The number of rotatable bonds is 4. The predicted molar refractivity (Wildman–Crippen MR) is 75.1 cm³/mol. The van der Waals surface area contributed by atoms with Crippen molar-refractivity contribution in [3.05, 3.63) is 11.6 Å². The summed E-state index contributed by atoms with van der Waals surface area (Å²) in [6, 6.07) is 0.209. The van der Waals surface area contributed by atoms with Crippen LogP contribution in [0.3, 0.4) is 0 Å². The van der Waals surface area contributed by atoms with Crippen LogP contribution >= 0.6 is 0 Å². The predicted octanol–water partition coefficient (Wildman–Crippen LogP) is 3.06. The monoisotopic (exact) mass is 252 g/mol. The number of nitrogens with two attached hydrogens (primary N) is 1. The van der Waals surface area contributed by atoms with Gasteiger partial charge in [0.2, 0.25) is 0 Å². The number of nitrogens with one attached hydrogen (secondary N) is 1. The van der Waals surface area contributed by atoms with Gasteiger partial charge in [0.15, 0.2) is 0 Å². The van der Waals surface area contributed by atoms with E-state index in [9.17, 15) is 0 Å². The lowest BCUT2D eigenvalue weighted by atomic mass is 9.79. The first-order valence-electron chi connectivity index (χ1n) is 7.52. The van der Waals surface area contributed by atoms with Crippen molar-refractivity contribution in [2.75, 3.05) is 7.11 Å². The molecule has 0 aromatic rings. The summed E-state index contributed by atoms with van der Waals surface area (Å²) in [6.45, 7) is 0. The summed E-state index contributed by atoms with van der Waals surface area (Å²) >= 11 is 0. The molecule has 3 nitrogen and oxygen atoms in total. The maximum absolute atomic E-state index is 5.98. The Morgan fingerprint density at radius 2 is 1.89 bits per heavy atom.